The molecule has 0 spiro atoms. The van der Waals surface area contributed by atoms with Crippen LogP contribution in [0.15, 0.2) is 53.7 Å². The summed E-state index contributed by atoms with van der Waals surface area (Å²) in [6.45, 7) is 2.08. The van der Waals surface area contributed by atoms with Gasteiger partial charge in [-0.3, -0.25) is 4.57 Å². The van der Waals surface area contributed by atoms with E-state index < -0.39 is 6.55 Å². The van der Waals surface area contributed by atoms with Crippen molar-refractivity contribution in [1.29, 1.82) is 0 Å². The lowest BCUT2D eigenvalue weighted by molar-refractivity contribution is 0.0715. The number of para-hydroxylation sites is 4. The number of hydrogen-bond acceptors (Lipinski definition) is 3. The molecule has 7 heteroatoms. The van der Waals surface area contributed by atoms with Gasteiger partial charge in [-0.05, 0) is 38.1 Å². The molecule has 0 saturated carbocycles. The largest absolute Gasteiger partial charge is 0.320 e. The highest BCUT2D eigenvalue weighted by molar-refractivity contribution is 7.99. The van der Waals surface area contributed by atoms with Gasteiger partial charge in [0.2, 0.25) is 0 Å². The van der Waals surface area contributed by atoms with E-state index in [0.717, 1.165) is 27.3 Å². The first-order valence-electron chi connectivity index (χ1n) is 8.47. The zero-order valence-electron chi connectivity index (χ0n) is 14.4. The van der Waals surface area contributed by atoms with Gasteiger partial charge < -0.3 is 4.57 Å². The second kappa shape index (κ2) is 6.72. The topological polar surface area (TPSA) is 35.6 Å². The summed E-state index contributed by atoms with van der Waals surface area (Å²) < 4.78 is 30.5. The van der Waals surface area contributed by atoms with Gasteiger partial charge >= 0.3 is 6.55 Å². The molecule has 0 amide bonds. The first-order chi connectivity index (χ1) is 12.6. The molecule has 0 bridgehead atoms. The molecular formula is C19H18F2N4S. The van der Waals surface area contributed by atoms with Gasteiger partial charge in [0.05, 0.1) is 27.3 Å². The number of rotatable bonds is 5. The monoisotopic (exact) mass is 372 g/mol. The highest BCUT2D eigenvalue weighted by Gasteiger charge is 2.24. The first-order valence-corrected chi connectivity index (χ1v) is 9.35. The Bertz CT molecular complexity index is 1070. The number of aromatic nitrogens is 4. The van der Waals surface area contributed by atoms with Crippen molar-refractivity contribution in [3.05, 3.63) is 54.4 Å². The van der Waals surface area contributed by atoms with Crippen LogP contribution in [0.25, 0.3) is 22.1 Å². The fourth-order valence-electron chi connectivity index (χ4n) is 3.21. The van der Waals surface area contributed by atoms with Crippen molar-refractivity contribution >= 4 is 33.8 Å². The summed E-state index contributed by atoms with van der Waals surface area (Å²) >= 11 is 1.46. The summed E-state index contributed by atoms with van der Waals surface area (Å²) in [5, 5.41) is 0.549. The number of benzene rings is 2. The fraction of sp³-hybridized carbons (Fsp3) is 0.263. The van der Waals surface area contributed by atoms with Crippen LogP contribution in [0, 0.1) is 0 Å². The van der Waals surface area contributed by atoms with Crippen molar-refractivity contribution in [2.24, 2.45) is 0 Å². The van der Waals surface area contributed by atoms with E-state index in [1.165, 1.54) is 11.8 Å². The molecule has 0 radical (unpaired) electrons. The third-order valence-corrected chi connectivity index (χ3v) is 5.49. The van der Waals surface area contributed by atoms with Crippen molar-refractivity contribution in [2.75, 3.05) is 0 Å². The number of halogens is 2. The molecule has 4 rings (SSSR count). The van der Waals surface area contributed by atoms with Crippen molar-refractivity contribution in [3.8, 4) is 0 Å². The van der Waals surface area contributed by atoms with Gasteiger partial charge in [-0.1, -0.05) is 36.0 Å². The molecule has 0 aliphatic rings. The lowest BCUT2D eigenvalue weighted by Gasteiger charge is -2.14. The van der Waals surface area contributed by atoms with E-state index in [9.17, 15) is 8.78 Å². The van der Waals surface area contributed by atoms with Crippen LogP contribution in [0.2, 0.25) is 0 Å². The molecule has 2 aromatic heterocycles. The predicted molar refractivity (Wildman–Crippen MR) is 101 cm³/mol. The van der Waals surface area contributed by atoms with Gasteiger partial charge in [-0.25, -0.2) is 9.97 Å². The van der Waals surface area contributed by atoms with Crippen molar-refractivity contribution in [3.63, 3.8) is 0 Å². The maximum atomic E-state index is 13.7. The van der Waals surface area contributed by atoms with Crippen LogP contribution in [0.5, 0.6) is 0 Å². The first kappa shape index (κ1) is 17.0. The molecule has 4 nitrogen and oxygen atoms in total. The Hall–Kier alpha value is -2.41. The van der Waals surface area contributed by atoms with E-state index in [2.05, 4.69) is 21.5 Å². The molecule has 0 aliphatic heterocycles. The number of aryl methyl sites for hydroxylation is 1. The molecule has 1 atom stereocenters. The number of hydrogen-bond donors (Lipinski definition) is 0. The quantitative estimate of drug-likeness (QED) is 0.424. The van der Waals surface area contributed by atoms with Crippen LogP contribution < -0.4 is 0 Å². The third kappa shape index (κ3) is 2.76. The summed E-state index contributed by atoms with van der Waals surface area (Å²) in [5.74, 6) is 0.362. The summed E-state index contributed by atoms with van der Waals surface area (Å²) in [7, 11) is 0. The SMILES string of the molecule is CCn1c(SC(C)c2nc3ccccc3n2C(F)F)nc2ccccc21. The van der Waals surface area contributed by atoms with Gasteiger partial charge in [0.1, 0.15) is 5.82 Å². The Balaban J connectivity index is 1.76. The third-order valence-electron chi connectivity index (χ3n) is 4.40. The van der Waals surface area contributed by atoms with Crippen LogP contribution in [0.1, 0.15) is 31.5 Å². The Morgan fingerprint density at radius 2 is 1.58 bits per heavy atom. The van der Waals surface area contributed by atoms with Gasteiger partial charge in [0.15, 0.2) is 5.16 Å². The fourth-order valence-corrected chi connectivity index (χ4v) is 4.31. The van der Waals surface area contributed by atoms with Crippen molar-refractivity contribution < 1.29 is 8.78 Å². The zero-order chi connectivity index (χ0) is 18.3. The Kier molecular flexibility index (Phi) is 4.40. The van der Waals surface area contributed by atoms with Crippen LogP contribution in [0.3, 0.4) is 0 Å². The van der Waals surface area contributed by atoms with Gasteiger partial charge in [-0.15, -0.1) is 0 Å². The molecule has 2 heterocycles. The Morgan fingerprint density at radius 3 is 2.23 bits per heavy atom. The molecule has 26 heavy (non-hydrogen) atoms. The molecule has 0 fully saturated rings. The predicted octanol–water partition coefficient (Wildman–Crippen LogP) is 5.65. The van der Waals surface area contributed by atoms with E-state index in [4.69, 9.17) is 0 Å². The number of alkyl halides is 2. The summed E-state index contributed by atoms with van der Waals surface area (Å²) in [6.07, 6.45) is 0. The van der Waals surface area contributed by atoms with Crippen molar-refractivity contribution in [1.82, 2.24) is 19.1 Å². The van der Waals surface area contributed by atoms with Gasteiger partial charge in [0, 0.05) is 6.54 Å². The van der Waals surface area contributed by atoms with Gasteiger partial charge in [-0.2, -0.15) is 8.78 Å². The molecule has 0 aliphatic carbocycles. The van der Waals surface area contributed by atoms with Gasteiger partial charge in [0.25, 0.3) is 0 Å². The van der Waals surface area contributed by atoms with E-state index in [1.807, 2.05) is 37.3 Å². The van der Waals surface area contributed by atoms with E-state index in [0.29, 0.717) is 16.9 Å². The minimum Gasteiger partial charge on any atom is -0.319 e. The van der Waals surface area contributed by atoms with Crippen molar-refractivity contribution in [2.45, 2.75) is 37.3 Å². The van der Waals surface area contributed by atoms with Crippen LogP contribution in [-0.2, 0) is 6.54 Å². The number of imidazole rings is 2. The van der Waals surface area contributed by atoms with E-state index in [-0.39, 0.29) is 5.25 Å². The smallest absolute Gasteiger partial charge is 0.319 e. The minimum absolute atomic E-state index is 0.265. The number of thioether (sulfide) groups is 1. The van der Waals surface area contributed by atoms with Crippen LogP contribution in [-0.4, -0.2) is 19.1 Å². The second-order valence-electron chi connectivity index (χ2n) is 5.99. The molecule has 4 aromatic rings. The minimum atomic E-state index is -2.63. The average molecular weight is 372 g/mol. The molecule has 0 saturated heterocycles. The Labute approximate surface area is 153 Å². The number of fused-ring (bicyclic) bond motifs is 2. The molecule has 134 valence electrons. The standard InChI is InChI=1S/C19H18F2N4S/c1-3-24-15-10-6-4-8-13(15)23-19(24)26-12(2)17-22-14-9-5-7-11-16(14)25(17)18(20)21/h4-12,18H,3H2,1-2H3. The highest BCUT2D eigenvalue weighted by Crippen LogP contribution is 2.38. The highest BCUT2D eigenvalue weighted by atomic mass is 32.2. The maximum absolute atomic E-state index is 13.7. The molecule has 1 unspecified atom stereocenters. The molecule has 2 aromatic carbocycles. The zero-order valence-corrected chi connectivity index (χ0v) is 15.3. The lowest BCUT2D eigenvalue weighted by Crippen LogP contribution is -2.07. The molecular weight excluding hydrogens is 354 g/mol. The summed E-state index contributed by atoms with van der Waals surface area (Å²) in [4.78, 5) is 9.14. The van der Waals surface area contributed by atoms with Crippen LogP contribution in [0.4, 0.5) is 8.78 Å². The molecule has 0 N–H and O–H groups in total. The average Bonchev–Trinajstić information content (AvgIpc) is 3.19. The summed E-state index contributed by atoms with van der Waals surface area (Å²) in [5.41, 5.74) is 2.99. The Morgan fingerprint density at radius 1 is 0.962 bits per heavy atom. The number of nitrogens with zero attached hydrogens (tertiary/aromatic N) is 4. The summed E-state index contributed by atoms with van der Waals surface area (Å²) in [6, 6.07) is 14.9. The van der Waals surface area contributed by atoms with E-state index in [1.54, 1.807) is 18.2 Å². The van der Waals surface area contributed by atoms with E-state index >= 15 is 0 Å². The maximum Gasteiger partial charge on any atom is 0.320 e. The lowest BCUT2D eigenvalue weighted by atomic mass is 10.3. The van der Waals surface area contributed by atoms with Crippen LogP contribution >= 0.6 is 11.8 Å². The normalized spacial score (nSPS) is 13.1. The second-order valence-corrected chi connectivity index (χ2v) is 7.30.